The van der Waals surface area contributed by atoms with Crippen molar-refractivity contribution in [1.29, 1.82) is 0 Å². The molecule has 0 bridgehead atoms. The fourth-order valence-electron chi connectivity index (χ4n) is 1.48. The summed E-state index contributed by atoms with van der Waals surface area (Å²) >= 11 is 3.52. The molecule has 0 saturated carbocycles. The number of thioether (sulfide) groups is 1. The zero-order valence-corrected chi connectivity index (χ0v) is 9.24. The van der Waals surface area contributed by atoms with E-state index in [1.165, 1.54) is 17.1 Å². The first-order valence-corrected chi connectivity index (χ1v) is 6.47. The quantitative estimate of drug-likeness (QED) is 0.861. The summed E-state index contributed by atoms with van der Waals surface area (Å²) in [6.07, 6.45) is 3.11. The van der Waals surface area contributed by atoms with Crippen LogP contribution in [0.2, 0.25) is 0 Å². The monoisotopic (exact) mass is 229 g/mol. The van der Waals surface area contributed by atoms with Crippen molar-refractivity contribution in [1.82, 2.24) is 4.98 Å². The van der Waals surface area contributed by atoms with Crippen molar-refractivity contribution in [3.8, 4) is 0 Å². The maximum absolute atomic E-state index is 10.5. The largest absolute Gasteiger partial charge is 0.481 e. The third kappa shape index (κ3) is 2.27. The van der Waals surface area contributed by atoms with Crippen LogP contribution >= 0.6 is 23.1 Å². The number of carboxylic acids is 1. The second-order valence-electron chi connectivity index (χ2n) is 3.29. The van der Waals surface area contributed by atoms with Crippen LogP contribution in [0.15, 0.2) is 6.20 Å². The van der Waals surface area contributed by atoms with E-state index in [0.29, 0.717) is 5.92 Å². The first-order valence-electron chi connectivity index (χ1n) is 4.50. The van der Waals surface area contributed by atoms with Gasteiger partial charge in [0, 0.05) is 22.7 Å². The van der Waals surface area contributed by atoms with Crippen LogP contribution in [0, 0.1) is 0 Å². The molecule has 0 aromatic carbocycles. The smallest absolute Gasteiger partial charge is 0.310 e. The first kappa shape index (κ1) is 9.98. The highest BCUT2D eigenvalue weighted by atomic mass is 32.2. The van der Waals surface area contributed by atoms with Crippen molar-refractivity contribution in [2.45, 2.75) is 18.8 Å². The Hall–Kier alpha value is -0.550. The van der Waals surface area contributed by atoms with Crippen molar-refractivity contribution in [3.05, 3.63) is 16.1 Å². The number of aliphatic carboxylic acids is 1. The number of carboxylic acid groups (broad SMARTS) is 1. The normalized spacial score (nSPS) is 21.3. The van der Waals surface area contributed by atoms with Crippen LogP contribution < -0.4 is 0 Å². The molecular formula is C9H11NO2S2. The van der Waals surface area contributed by atoms with Gasteiger partial charge in [0.25, 0.3) is 0 Å². The summed E-state index contributed by atoms with van der Waals surface area (Å²) in [5, 5.41) is 9.33. The molecule has 3 nitrogen and oxygen atoms in total. The highest BCUT2D eigenvalue weighted by Gasteiger charge is 2.20. The standard InChI is InChI=1S/C9H11NO2S2/c11-9(12)3-8-10-4-7(14-8)6-1-2-13-5-6/h4,6H,1-3,5H2,(H,11,12). The Kier molecular flexibility index (Phi) is 3.08. The summed E-state index contributed by atoms with van der Waals surface area (Å²) < 4.78 is 0. The first-order chi connectivity index (χ1) is 6.75. The summed E-state index contributed by atoms with van der Waals surface area (Å²) in [5.74, 6) is 2.19. The van der Waals surface area contributed by atoms with Gasteiger partial charge in [-0.05, 0) is 12.2 Å². The highest BCUT2D eigenvalue weighted by molar-refractivity contribution is 7.99. The number of hydrogen-bond acceptors (Lipinski definition) is 4. The van der Waals surface area contributed by atoms with Crippen LogP contribution in [0.25, 0.3) is 0 Å². The van der Waals surface area contributed by atoms with Crippen LogP contribution in [-0.4, -0.2) is 27.6 Å². The maximum atomic E-state index is 10.5. The van der Waals surface area contributed by atoms with Gasteiger partial charge in [-0.25, -0.2) is 4.98 Å². The summed E-state index contributed by atoms with van der Waals surface area (Å²) in [4.78, 5) is 15.8. The molecule has 0 spiro atoms. The Morgan fingerprint density at radius 3 is 3.21 bits per heavy atom. The van der Waals surface area contributed by atoms with Crippen LogP contribution in [0.1, 0.15) is 22.2 Å². The zero-order chi connectivity index (χ0) is 9.97. The number of rotatable bonds is 3. The van der Waals surface area contributed by atoms with Crippen molar-refractivity contribution < 1.29 is 9.90 Å². The van der Waals surface area contributed by atoms with E-state index in [2.05, 4.69) is 4.98 Å². The van der Waals surface area contributed by atoms with Gasteiger partial charge in [-0.1, -0.05) is 0 Å². The van der Waals surface area contributed by atoms with Gasteiger partial charge in [-0.3, -0.25) is 4.79 Å². The fourth-order valence-corrected chi connectivity index (χ4v) is 3.88. The summed E-state index contributed by atoms with van der Waals surface area (Å²) in [6.45, 7) is 0. The molecule has 1 unspecified atom stereocenters. The minimum absolute atomic E-state index is 0.0600. The van der Waals surface area contributed by atoms with E-state index in [-0.39, 0.29) is 6.42 Å². The molecular weight excluding hydrogens is 218 g/mol. The Labute approximate surface area is 90.6 Å². The minimum atomic E-state index is -0.799. The molecule has 2 rings (SSSR count). The Morgan fingerprint density at radius 1 is 1.71 bits per heavy atom. The minimum Gasteiger partial charge on any atom is -0.481 e. The van der Waals surface area contributed by atoms with Crippen molar-refractivity contribution in [2.24, 2.45) is 0 Å². The van der Waals surface area contributed by atoms with Crippen LogP contribution in [0.4, 0.5) is 0 Å². The third-order valence-electron chi connectivity index (χ3n) is 2.21. The lowest BCUT2D eigenvalue weighted by atomic mass is 10.1. The van der Waals surface area contributed by atoms with Crippen molar-refractivity contribution in [2.75, 3.05) is 11.5 Å². The van der Waals surface area contributed by atoms with E-state index >= 15 is 0 Å². The molecule has 0 aliphatic carbocycles. The molecule has 0 radical (unpaired) electrons. The van der Waals surface area contributed by atoms with Crippen molar-refractivity contribution >= 4 is 29.1 Å². The number of aromatic nitrogens is 1. The van der Waals surface area contributed by atoms with E-state index in [9.17, 15) is 4.79 Å². The molecule has 5 heteroatoms. The molecule has 1 aliphatic heterocycles. The third-order valence-corrected chi connectivity index (χ3v) is 4.53. The molecule has 1 N–H and O–H groups in total. The number of hydrogen-bond donors (Lipinski definition) is 1. The van der Waals surface area contributed by atoms with E-state index in [0.717, 1.165) is 10.8 Å². The summed E-state index contributed by atoms with van der Waals surface area (Å²) in [7, 11) is 0. The van der Waals surface area contributed by atoms with Gasteiger partial charge in [-0.15, -0.1) is 11.3 Å². The van der Waals surface area contributed by atoms with Gasteiger partial charge in [0.15, 0.2) is 0 Å². The Bertz CT molecular complexity index is 331. The summed E-state index contributed by atoms with van der Waals surface area (Å²) in [5.41, 5.74) is 0. The lowest BCUT2D eigenvalue weighted by Crippen LogP contribution is -1.98. The second-order valence-corrected chi connectivity index (χ2v) is 5.58. The second kappa shape index (κ2) is 4.31. The van der Waals surface area contributed by atoms with Gasteiger partial charge >= 0.3 is 5.97 Å². The van der Waals surface area contributed by atoms with Crippen LogP contribution in [-0.2, 0) is 11.2 Å². The number of thiazole rings is 1. The van der Waals surface area contributed by atoms with Crippen molar-refractivity contribution in [3.63, 3.8) is 0 Å². The number of nitrogens with zero attached hydrogens (tertiary/aromatic N) is 1. The molecule has 1 aromatic heterocycles. The summed E-state index contributed by atoms with van der Waals surface area (Å²) in [6, 6.07) is 0. The molecule has 0 amide bonds. The molecule has 2 heterocycles. The fraction of sp³-hybridized carbons (Fsp3) is 0.556. The average molecular weight is 229 g/mol. The Morgan fingerprint density at radius 2 is 2.57 bits per heavy atom. The van der Waals surface area contributed by atoms with Gasteiger partial charge < -0.3 is 5.11 Å². The lowest BCUT2D eigenvalue weighted by Gasteiger charge is -2.01. The van der Waals surface area contributed by atoms with Gasteiger partial charge in [0.05, 0.1) is 6.42 Å². The Balaban J connectivity index is 2.05. The topological polar surface area (TPSA) is 50.2 Å². The predicted octanol–water partition coefficient (Wildman–Crippen LogP) is 1.99. The molecule has 1 saturated heterocycles. The maximum Gasteiger partial charge on any atom is 0.310 e. The predicted molar refractivity (Wildman–Crippen MR) is 58.1 cm³/mol. The van der Waals surface area contributed by atoms with Gasteiger partial charge in [0.2, 0.25) is 0 Å². The average Bonchev–Trinajstić information content (AvgIpc) is 2.69. The van der Waals surface area contributed by atoms with E-state index in [1.54, 1.807) is 11.3 Å². The molecule has 1 atom stereocenters. The van der Waals surface area contributed by atoms with Crippen LogP contribution in [0.3, 0.4) is 0 Å². The van der Waals surface area contributed by atoms with E-state index < -0.39 is 5.97 Å². The highest BCUT2D eigenvalue weighted by Crippen LogP contribution is 2.35. The molecule has 1 aromatic rings. The van der Waals surface area contributed by atoms with E-state index in [4.69, 9.17) is 5.11 Å². The van der Waals surface area contributed by atoms with Crippen LogP contribution in [0.5, 0.6) is 0 Å². The zero-order valence-electron chi connectivity index (χ0n) is 7.60. The SMILES string of the molecule is O=C(O)Cc1ncc(C2CCSC2)s1. The lowest BCUT2D eigenvalue weighted by molar-refractivity contribution is -0.136. The molecule has 1 aliphatic rings. The molecule has 1 fully saturated rings. The van der Waals surface area contributed by atoms with Gasteiger partial charge in [0.1, 0.15) is 5.01 Å². The van der Waals surface area contributed by atoms with Gasteiger partial charge in [-0.2, -0.15) is 11.8 Å². The molecule has 76 valence electrons. The van der Waals surface area contributed by atoms with E-state index in [1.807, 2.05) is 18.0 Å². The number of carbonyl (C=O) groups is 1. The molecule has 14 heavy (non-hydrogen) atoms.